The Morgan fingerprint density at radius 3 is 2.69 bits per heavy atom. The number of carbonyl (C=O) groups is 2. The number of carbonyl (C=O) groups excluding carboxylic acids is 2. The zero-order chi connectivity index (χ0) is 24.9. The summed E-state index contributed by atoms with van der Waals surface area (Å²) in [6.45, 7) is 3.50. The van der Waals surface area contributed by atoms with E-state index >= 15 is 0 Å². The van der Waals surface area contributed by atoms with E-state index < -0.39 is 23.9 Å². The van der Waals surface area contributed by atoms with Crippen LogP contribution in [-0.4, -0.2) is 25.1 Å². The number of hydrogen-bond acceptors (Lipinski definition) is 7. The lowest BCUT2D eigenvalue weighted by atomic mass is 10.1. The van der Waals surface area contributed by atoms with Crippen LogP contribution in [0.1, 0.15) is 29.3 Å². The van der Waals surface area contributed by atoms with Gasteiger partial charge in [-0.15, -0.1) is 0 Å². The summed E-state index contributed by atoms with van der Waals surface area (Å²) < 4.78 is 22.1. The number of hydrogen-bond donors (Lipinski definition) is 1. The normalized spacial score (nSPS) is 10.8. The molecular formula is C26H22ClNO7. The number of benzene rings is 2. The summed E-state index contributed by atoms with van der Waals surface area (Å²) >= 11 is 6.20. The maximum absolute atomic E-state index is 13.2. The molecule has 0 radical (unpaired) electrons. The van der Waals surface area contributed by atoms with E-state index in [9.17, 15) is 14.4 Å². The van der Waals surface area contributed by atoms with Gasteiger partial charge in [0.1, 0.15) is 5.58 Å². The van der Waals surface area contributed by atoms with Crippen LogP contribution in [0.2, 0.25) is 5.02 Å². The van der Waals surface area contributed by atoms with E-state index in [4.69, 9.17) is 29.9 Å². The van der Waals surface area contributed by atoms with Crippen molar-refractivity contribution in [3.63, 3.8) is 0 Å². The number of furan rings is 1. The van der Waals surface area contributed by atoms with Gasteiger partial charge in [-0.3, -0.25) is 9.59 Å². The number of esters is 1. The fourth-order valence-electron chi connectivity index (χ4n) is 3.34. The molecule has 1 amide bonds. The topological polar surface area (TPSA) is 108 Å². The van der Waals surface area contributed by atoms with Crippen molar-refractivity contribution < 1.29 is 27.9 Å². The molecule has 8 nitrogen and oxygen atoms in total. The highest BCUT2D eigenvalue weighted by Gasteiger charge is 2.21. The predicted octanol–water partition coefficient (Wildman–Crippen LogP) is 5.60. The molecule has 35 heavy (non-hydrogen) atoms. The highest BCUT2D eigenvalue weighted by molar-refractivity contribution is 6.32. The summed E-state index contributed by atoms with van der Waals surface area (Å²) in [4.78, 5) is 37.9. The minimum atomic E-state index is -0.545. The number of aryl methyl sites for hydroxylation is 1. The Morgan fingerprint density at radius 1 is 1.11 bits per heavy atom. The Morgan fingerprint density at radius 2 is 1.94 bits per heavy atom. The molecule has 0 bridgehead atoms. The maximum atomic E-state index is 13.2. The van der Waals surface area contributed by atoms with Crippen LogP contribution >= 0.6 is 11.6 Å². The first-order chi connectivity index (χ1) is 16.9. The lowest BCUT2D eigenvalue weighted by Gasteiger charge is -2.12. The van der Waals surface area contributed by atoms with E-state index in [0.29, 0.717) is 34.9 Å². The Bertz CT molecular complexity index is 1440. The van der Waals surface area contributed by atoms with Crippen molar-refractivity contribution in [1.29, 1.82) is 0 Å². The molecule has 9 heteroatoms. The second-order valence-corrected chi connectivity index (χ2v) is 8.13. The SMILES string of the molecule is CCCOC(=O)c1cccc(NC(=O)COc2c(-c3ccco3)oc3cc(C)c(Cl)cc3c2=O)c1. The molecule has 2 aromatic carbocycles. The van der Waals surface area contributed by atoms with Gasteiger partial charge in [0.25, 0.3) is 5.91 Å². The van der Waals surface area contributed by atoms with E-state index in [2.05, 4.69) is 5.32 Å². The zero-order valence-corrected chi connectivity index (χ0v) is 19.8. The van der Waals surface area contributed by atoms with Crippen molar-refractivity contribution in [2.24, 2.45) is 0 Å². The number of anilines is 1. The van der Waals surface area contributed by atoms with Gasteiger partial charge in [-0.2, -0.15) is 0 Å². The molecule has 2 heterocycles. The van der Waals surface area contributed by atoms with Gasteiger partial charge in [-0.1, -0.05) is 24.6 Å². The standard InChI is InChI=1S/C26H22ClNO7/c1-3-9-33-26(31)16-6-4-7-17(12-16)28-22(29)14-34-25-23(30)18-13-19(27)15(2)11-21(18)35-24(25)20-8-5-10-32-20/h4-8,10-13H,3,9,14H2,1-2H3,(H,28,29). The lowest BCUT2D eigenvalue weighted by molar-refractivity contribution is -0.118. The number of rotatable bonds is 8. The first kappa shape index (κ1) is 24.1. The highest BCUT2D eigenvalue weighted by Crippen LogP contribution is 2.33. The number of nitrogens with one attached hydrogen (secondary N) is 1. The van der Waals surface area contributed by atoms with Crippen LogP contribution in [0.25, 0.3) is 22.5 Å². The van der Waals surface area contributed by atoms with Crippen LogP contribution in [0.4, 0.5) is 5.69 Å². The number of fused-ring (bicyclic) bond motifs is 1. The van der Waals surface area contributed by atoms with E-state index in [0.717, 1.165) is 5.56 Å². The summed E-state index contributed by atoms with van der Waals surface area (Å²) in [6, 6.07) is 12.7. The van der Waals surface area contributed by atoms with Gasteiger partial charge < -0.3 is 23.6 Å². The third-order valence-corrected chi connectivity index (χ3v) is 5.45. The summed E-state index contributed by atoms with van der Waals surface area (Å²) in [5.74, 6) is -0.881. The second kappa shape index (κ2) is 10.5. The minimum absolute atomic E-state index is 0.0580. The van der Waals surface area contributed by atoms with E-state index in [1.807, 2.05) is 6.92 Å². The van der Waals surface area contributed by atoms with Crippen molar-refractivity contribution in [2.45, 2.75) is 20.3 Å². The van der Waals surface area contributed by atoms with E-state index in [-0.39, 0.29) is 22.7 Å². The van der Waals surface area contributed by atoms with Gasteiger partial charge in [0.2, 0.25) is 16.9 Å². The Labute approximate surface area is 205 Å². The van der Waals surface area contributed by atoms with Crippen LogP contribution in [0.3, 0.4) is 0 Å². The molecular weight excluding hydrogens is 474 g/mol. The summed E-state index contributed by atoms with van der Waals surface area (Å²) in [5, 5.41) is 3.25. The molecule has 0 saturated carbocycles. The molecule has 0 aliphatic carbocycles. The van der Waals surface area contributed by atoms with Crippen molar-refractivity contribution in [3.05, 3.63) is 81.2 Å². The molecule has 0 spiro atoms. The molecule has 4 aromatic rings. The van der Waals surface area contributed by atoms with E-state index in [1.54, 1.807) is 43.3 Å². The zero-order valence-electron chi connectivity index (χ0n) is 19.1. The lowest BCUT2D eigenvalue weighted by Crippen LogP contribution is -2.23. The largest absolute Gasteiger partial charge is 0.476 e. The van der Waals surface area contributed by atoms with Crippen molar-refractivity contribution >= 4 is 40.1 Å². The Hall–Kier alpha value is -4.04. The third-order valence-electron chi connectivity index (χ3n) is 5.04. The fraction of sp³-hybridized carbons (Fsp3) is 0.192. The van der Waals surface area contributed by atoms with Gasteiger partial charge in [0.15, 0.2) is 12.4 Å². The van der Waals surface area contributed by atoms with Crippen molar-refractivity contribution in [2.75, 3.05) is 18.5 Å². The molecule has 0 unspecified atom stereocenters. The van der Waals surface area contributed by atoms with Crippen LogP contribution in [-0.2, 0) is 9.53 Å². The van der Waals surface area contributed by atoms with Gasteiger partial charge in [-0.25, -0.2) is 4.79 Å². The van der Waals surface area contributed by atoms with Gasteiger partial charge in [-0.05, 0) is 61.4 Å². The molecule has 0 saturated heterocycles. The van der Waals surface area contributed by atoms with Crippen LogP contribution in [0, 0.1) is 6.92 Å². The molecule has 4 rings (SSSR count). The molecule has 0 atom stereocenters. The summed E-state index contributed by atoms with van der Waals surface area (Å²) in [6.07, 6.45) is 2.13. The fourth-order valence-corrected chi connectivity index (χ4v) is 3.50. The maximum Gasteiger partial charge on any atom is 0.338 e. The Balaban J connectivity index is 1.57. The summed E-state index contributed by atoms with van der Waals surface area (Å²) in [7, 11) is 0. The van der Waals surface area contributed by atoms with Crippen LogP contribution < -0.4 is 15.5 Å². The predicted molar refractivity (Wildman–Crippen MR) is 131 cm³/mol. The first-order valence-electron chi connectivity index (χ1n) is 10.9. The quantitative estimate of drug-likeness (QED) is 0.317. The second-order valence-electron chi connectivity index (χ2n) is 7.72. The monoisotopic (exact) mass is 495 g/mol. The summed E-state index contributed by atoms with van der Waals surface area (Å²) in [5.41, 5.74) is 1.24. The van der Waals surface area contributed by atoms with E-state index in [1.165, 1.54) is 18.4 Å². The molecule has 1 N–H and O–H groups in total. The van der Waals surface area contributed by atoms with Crippen molar-refractivity contribution in [1.82, 2.24) is 0 Å². The molecule has 2 aromatic heterocycles. The average molecular weight is 496 g/mol. The molecule has 0 aliphatic rings. The Kier molecular flexibility index (Phi) is 7.22. The highest BCUT2D eigenvalue weighted by atomic mass is 35.5. The van der Waals surface area contributed by atoms with Gasteiger partial charge >= 0.3 is 5.97 Å². The van der Waals surface area contributed by atoms with Crippen LogP contribution in [0.15, 0.2) is 68.4 Å². The number of halogens is 1. The molecule has 0 fully saturated rings. The number of amides is 1. The molecule has 0 aliphatic heterocycles. The van der Waals surface area contributed by atoms with Gasteiger partial charge in [0.05, 0.1) is 23.8 Å². The molecule has 180 valence electrons. The number of ether oxygens (including phenoxy) is 2. The minimum Gasteiger partial charge on any atom is -0.476 e. The van der Waals surface area contributed by atoms with Gasteiger partial charge in [0, 0.05) is 10.7 Å². The third kappa shape index (κ3) is 5.38. The van der Waals surface area contributed by atoms with Crippen LogP contribution in [0.5, 0.6) is 5.75 Å². The van der Waals surface area contributed by atoms with Crippen molar-refractivity contribution in [3.8, 4) is 17.3 Å². The smallest absolute Gasteiger partial charge is 0.338 e. The average Bonchev–Trinajstić information content (AvgIpc) is 3.38. The first-order valence-corrected chi connectivity index (χ1v) is 11.3.